The Hall–Kier alpha value is -1.47. The average Bonchev–Trinajstić information content (AvgIpc) is 2.89. The van der Waals surface area contributed by atoms with Gasteiger partial charge in [-0.1, -0.05) is 19.3 Å². The maximum Gasteiger partial charge on any atom is 0.329 e. The van der Waals surface area contributed by atoms with Crippen molar-refractivity contribution in [2.75, 3.05) is 6.54 Å². The molecule has 6 nitrogen and oxygen atoms in total. The van der Waals surface area contributed by atoms with Crippen LogP contribution in [0.1, 0.15) is 47.6 Å². The largest absolute Gasteiger partial charge is 0.480 e. The zero-order chi connectivity index (χ0) is 14.6. The highest BCUT2D eigenvalue weighted by Gasteiger charge is 2.41. The minimum absolute atomic E-state index is 0.282. The molecular formula is C13H19N3O3S. The van der Waals surface area contributed by atoms with E-state index in [-0.39, 0.29) is 5.69 Å². The molecule has 1 aliphatic rings. The number of carboxylic acids is 1. The zero-order valence-electron chi connectivity index (χ0n) is 11.2. The molecule has 1 aliphatic carbocycles. The van der Waals surface area contributed by atoms with Crippen LogP contribution in [0.4, 0.5) is 0 Å². The number of hydrogen-bond acceptors (Lipinski definition) is 5. The molecule has 2 rings (SSSR count). The number of nitrogens with one attached hydrogen (secondary N) is 1. The highest BCUT2D eigenvalue weighted by Crippen LogP contribution is 2.29. The van der Waals surface area contributed by atoms with E-state index in [9.17, 15) is 14.7 Å². The highest BCUT2D eigenvalue weighted by molar-refractivity contribution is 7.09. The first kappa shape index (κ1) is 14.9. The Morgan fingerprint density at radius 1 is 1.40 bits per heavy atom. The van der Waals surface area contributed by atoms with Gasteiger partial charge in [0.15, 0.2) is 0 Å². The molecule has 1 aromatic rings. The minimum Gasteiger partial charge on any atom is -0.480 e. The van der Waals surface area contributed by atoms with Gasteiger partial charge < -0.3 is 16.2 Å². The molecule has 20 heavy (non-hydrogen) atoms. The van der Waals surface area contributed by atoms with Gasteiger partial charge in [-0.15, -0.1) is 11.3 Å². The molecule has 0 spiro atoms. The Morgan fingerprint density at radius 2 is 2.10 bits per heavy atom. The van der Waals surface area contributed by atoms with E-state index >= 15 is 0 Å². The van der Waals surface area contributed by atoms with Crippen molar-refractivity contribution in [3.05, 3.63) is 16.1 Å². The van der Waals surface area contributed by atoms with Gasteiger partial charge in [-0.2, -0.15) is 0 Å². The van der Waals surface area contributed by atoms with Crippen LogP contribution < -0.4 is 11.1 Å². The van der Waals surface area contributed by atoms with E-state index in [1.54, 1.807) is 5.38 Å². The van der Waals surface area contributed by atoms with Crippen LogP contribution >= 0.6 is 11.3 Å². The lowest BCUT2D eigenvalue weighted by molar-refractivity contribution is -0.145. The SMILES string of the molecule is NCCc1nc(C(=O)NC2(C(=O)O)CCCCC2)cs1. The number of nitrogens with two attached hydrogens (primary N) is 1. The fourth-order valence-electron chi connectivity index (χ4n) is 2.48. The molecule has 1 saturated carbocycles. The molecule has 1 heterocycles. The molecule has 0 bridgehead atoms. The lowest BCUT2D eigenvalue weighted by atomic mass is 9.81. The van der Waals surface area contributed by atoms with Crippen LogP contribution in [0.25, 0.3) is 0 Å². The second kappa shape index (κ2) is 6.32. The van der Waals surface area contributed by atoms with Crippen LogP contribution in [0.15, 0.2) is 5.38 Å². The van der Waals surface area contributed by atoms with E-state index in [0.717, 1.165) is 24.3 Å². The number of amides is 1. The molecule has 0 radical (unpaired) electrons. The summed E-state index contributed by atoms with van der Waals surface area (Å²) in [6.45, 7) is 0.480. The summed E-state index contributed by atoms with van der Waals surface area (Å²) in [5.74, 6) is -1.36. The quantitative estimate of drug-likeness (QED) is 0.756. The van der Waals surface area contributed by atoms with E-state index in [1.807, 2.05) is 0 Å². The highest BCUT2D eigenvalue weighted by atomic mass is 32.1. The van der Waals surface area contributed by atoms with Crippen LogP contribution in [0, 0.1) is 0 Å². The molecule has 0 saturated heterocycles. The second-order valence-corrected chi connectivity index (χ2v) is 6.01. The summed E-state index contributed by atoms with van der Waals surface area (Å²) in [5, 5.41) is 14.6. The van der Waals surface area contributed by atoms with Crippen molar-refractivity contribution >= 4 is 23.2 Å². The Bertz CT molecular complexity index is 495. The number of aromatic nitrogens is 1. The summed E-state index contributed by atoms with van der Waals surface area (Å²) in [4.78, 5) is 27.9. The maximum atomic E-state index is 12.2. The first-order chi connectivity index (χ1) is 9.57. The molecular weight excluding hydrogens is 278 g/mol. The predicted octanol–water partition coefficient (Wildman–Crippen LogP) is 1.16. The zero-order valence-corrected chi connectivity index (χ0v) is 12.0. The minimum atomic E-state index is -1.13. The lowest BCUT2D eigenvalue weighted by Crippen LogP contribution is -2.55. The third-order valence-electron chi connectivity index (χ3n) is 3.61. The smallest absolute Gasteiger partial charge is 0.329 e. The number of aliphatic carboxylic acids is 1. The van der Waals surface area contributed by atoms with Crippen molar-refractivity contribution in [1.82, 2.24) is 10.3 Å². The molecule has 0 aliphatic heterocycles. The fourth-order valence-corrected chi connectivity index (χ4v) is 3.28. The van der Waals surface area contributed by atoms with Gasteiger partial charge in [-0.3, -0.25) is 4.79 Å². The van der Waals surface area contributed by atoms with Gasteiger partial charge in [0, 0.05) is 11.8 Å². The van der Waals surface area contributed by atoms with Crippen molar-refractivity contribution in [3.8, 4) is 0 Å². The van der Waals surface area contributed by atoms with Crippen molar-refractivity contribution < 1.29 is 14.7 Å². The average molecular weight is 297 g/mol. The van der Waals surface area contributed by atoms with Crippen molar-refractivity contribution in [3.63, 3.8) is 0 Å². The molecule has 4 N–H and O–H groups in total. The Morgan fingerprint density at radius 3 is 2.70 bits per heavy atom. The van der Waals surface area contributed by atoms with Gasteiger partial charge in [0.25, 0.3) is 5.91 Å². The Balaban J connectivity index is 2.09. The van der Waals surface area contributed by atoms with E-state index < -0.39 is 17.4 Å². The van der Waals surface area contributed by atoms with E-state index in [2.05, 4.69) is 10.3 Å². The van der Waals surface area contributed by atoms with Crippen molar-refractivity contribution in [2.24, 2.45) is 5.73 Å². The van der Waals surface area contributed by atoms with Gasteiger partial charge in [0.05, 0.1) is 5.01 Å². The first-order valence-electron chi connectivity index (χ1n) is 6.78. The van der Waals surface area contributed by atoms with Gasteiger partial charge in [0.1, 0.15) is 11.2 Å². The normalized spacial score (nSPS) is 17.6. The lowest BCUT2D eigenvalue weighted by Gasteiger charge is -2.33. The summed E-state index contributed by atoms with van der Waals surface area (Å²) in [7, 11) is 0. The van der Waals surface area contributed by atoms with E-state index in [1.165, 1.54) is 11.3 Å². The first-order valence-corrected chi connectivity index (χ1v) is 7.66. The van der Waals surface area contributed by atoms with Crippen LogP contribution in [-0.2, 0) is 11.2 Å². The maximum absolute atomic E-state index is 12.2. The van der Waals surface area contributed by atoms with Gasteiger partial charge >= 0.3 is 5.97 Å². The number of rotatable bonds is 5. The van der Waals surface area contributed by atoms with E-state index in [0.29, 0.717) is 25.8 Å². The van der Waals surface area contributed by atoms with Crippen molar-refractivity contribution in [1.29, 1.82) is 0 Å². The number of carbonyl (C=O) groups is 2. The summed E-state index contributed by atoms with van der Waals surface area (Å²) in [6, 6.07) is 0. The van der Waals surface area contributed by atoms with Gasteiger partial charge in [-0.25, -0.2) is 9.78 Å². The molecule has 110 valence electrons. The summed E-state index contributed by atoms with van der Waals surface area (Å²) in [6.07, 6.45) is 4.25. The second-order valence-electron chi connectivity index (χ2n) is 5.07. The third kappa shape index (κ3) is 3.16. The molecule has 0 aromatic carbocycles. The van der Waals surface area contributed by atoms with Gasteiger partial charge in [0.2, 0.25) is 0 Å². The van der Waals surface area contributed by atoms with Gasteiger partial charge in [-0.05, 0) is 19.4 Å². The van der Waals surface area contributed by atoms with Crippen LogP contribution in [-0.4, -0.2) is 34.1 Å². The topological polar surface area (TPSA) is 105 Å². The summed E-state index contributed by atoms with van der Waals surface area (Å²) >= 11 is 1.37. The summed E-state index contributed by atoms with van der Waals surface area (Å²) in [5.41, 5.74) is 4.59. The molecule has 0 atom stereocenters. The van der Waals surface area contributed by atoms with Crippen LogP contribution in [0.5, 0.6) is 0 Å². The number of nitrogens with zero attached hydrogens (tertiary/aromatic N) is 1. The number of thiazole rings is 1. The van der Waals surface area contributed by atoms with Crippen LogP contribution in [0.3, 0.4) is 0 Å². The standard InChI is InChI=1S/C13H19N3O3S/c14-7-4-10-15-9(8-20-10)11(17)16-13(12(18)19)5-2-1-3-6-13/h8H,1-7,14H2,(H,16,17)(H,18,19). The number of hydrogen-bond donors (Lipinski definition) is 3. The third-order valence-corrected chi connectivity index (χ3v) is 4.52. The molecule has 1 aromatic heterocycles. The van der Waals surface area contributed by atoms with E-state index in [4.69, 9.17) is 5.73 Å². The summed E-state index contributed by atoms with van der Waals surface area (Å²) < 4.78 is 0. The van der Waals surface area contributed by atoms with Crippen molar-refractivity contribution in [2.45, 2.75) is 44.1 Å². The predicted molar refractivity (Wildman–Crippen MR) is 75.8 cm³/mol. The number of carboxylic acid groups (broad SMARTS) is 1. The fraction of sp³-hybridized carbons (Fsp3) is 0.615. The number of carbonyl (C=O) groups excluding carboxylic acids is 1. The monoisotopic (exact) mass is 297 g/mol. The molecule has 7 heteroatoms. The Kier molecular flexibility index (Phi) is 4.72. The van der Waals surface area contributed by atoms with Crippen LogP contribution in [0.2, 0.25) is 0 Å². The molecule has 1 amide bonds. The molecule has 1 fully saturated rings. The molecule has 0 unspecified atom stereocenters. The Labute approximate surface area is 121 Å².